The Morgan fingerprint density at radius 2 is 1.68 bits per heavy atom. The van der Waals surface area contributed by atoms with Crippen molar-refractivity contribution in [2.45, 2.75) is 6.92 Å². The van der Waals surface area contributed by atoms with Crippen LogP contribution >= 0.6 is 0 Å². The third-order valence-electron chi connectivity index (χ3n) is 3.20. The summed E-state index contributed by atoms with van der Waals surface area (Å²) in [5.41, 5.74) is 2.51. The molecule has 0 aliphatic carbocycles. The van der Waals surface area contributed by atoms with Crippen molar-refractivity contribution >= 4 is 10.8 Å². The number of phenolic OH excluding ortho intramolecular Hbond substituents is 2. The average molecular weight is 251 g/mol. The number of aromatic hydroxyl groups is 2. The smallest absolute Gasteiger partial charge is 0.158 e. The highest BCUT2D eigenvalue weighted by Gasteiger charge is 2.07. The summed E-state index contributed by atoms with van der Waals surface area (Å²) in [6.07, 6.45) is 0. The molecule has 3 heteroatoms. The molecule has 0 aliphatic heterocycles. The maximum absolute atomic E-state index is 9.57. The number of benzene rings is 2. The van der Waals surface area contributed by atoms with E-state index in [1.807, 2.05) is 37.3 Å². The molecule has 3 rings (SSSR count). The van der Waals surface area contributed by atoms with E-state index in [1.54, 1.807) is 6.07 Å². The summed E-state index contributed by atoms with van der Waals surface area (Å²) in [7, 11) is 0. The van der Waals surface area contributed by atoms with E-state index < -0.39 is 0 Å². The second kappa shape index (κ2) is 4.28. The second-order valence-electron chi connectivity index (χ2n) is 4.52. The molecular formula is C16H13NO2. The molecule has 0 saturated heterocycles. The number of nitrogens with zero attached hydrogens (tertiary/aromatic N) is 1. The third-order valence-corrected chi connectivity index (χ3v) is 3.20. The lowest BCUT2D eigenvalue weighted by atomic mass is 10.0. The maximum Gasteiger partial charge on any atom is 0.158 e. The van der Waals surface area contributed by atoms with Crippen molar-refractivity contribution in [1.29, 1.82) is 0 Å². The highest BCUT2D eigenvalue weighted by molar-refractivity contribution is 5.87. The lowest BCUT2D eigenvalue weighted by molar-refractivity contribution is 0.404. The molecule has 1 aromatic heterocycles. The first-order chi connectivity index (χ1) is 9.15. The van der Waals surface area contributed by atoms with Gasteiger partial charge in [-0.05, 0) is 36.6 Å². The van der Waals surface area contributed by atoms with Crippen LogP contribution < -0.4 is 0 Å². The minimum atomic E-state index is -0.134. The topological polar surface area (TPSA) is 53.4 Å². The Hall–Kier alpha value is -2.55. The van der Waals surface area contributed by atoms with Gasteiger partial charge in [-0.2, -0.15) is 0 Å². The van der Waals surface area contributed by atoms with E-state index in [-0.39, 0.29) is 11.5 Å². The molecule has 0 amide bonds. The first-order valence-electron chi connectivity index (χ1n) is 6.04. The SMILES string of the molecule is Cc1nc(-c2ccc(O)c(O)c2)cc2ccccc12. The van der Waals surface area contributed by atoms with E-state index in [9.17, 15) is 10.2 Å². The standard InChI is InChI=1S/C16H13NO2/c1-10-13-5-3-2-4-11(13)8-14(17-10)12-6-7-15(18)16(19)9-12/h2-9,18-19H,1H3. The normalized spacial score (nSPS) is 10.8. The van der Waals surface area contributed by atoms with Crippen molar-refractivity contribution in [2.75, 3.05) is 0 Å². The Kier molecular flexibility index (Phi) is 2.60. The number of rotatable bonds is 1. The highest BCUT2D eigenvalue weighted by atomic mass is 16.3. The molecule has 3 aromatic rings. The van der Waals surface area contributed by atoms with Gasteiger partial charge in [0.15, 0.2) is 11.5 Å². The van der Waals surface area contributed by atoms with E-state index >= 15 is 0 Å². The summed E-state index contributed by atoms with van der Waals surface area (Å²) in [5.74, 6) is -0.258. The van der Waals surface area contributed by atoms with Crippen LogP contribution in [0.5, 0.6) is 11.5 Å². The zero-order valence-corrected chi connectivity index (χ0v) is 10.5. The summed E-state index contributed by atoms with van der Waals surface area (Å²) >= 11 is 0. The highest BCUT2D eigenvalue weighted by Crippen LogP contribution is 2.31. The van der Waals surface area contributed by atoms with Crippen molar-refractivity contribution in [1.82, 2.24) is 4.98 Å². The first-order valence-corrected chi connectivity index (χ1v) is 6.04. The fourth-order valence-electron chi connectivity index (χ4n) is 2.20. The van der Waals surface area contributed by atoms with Gasteiger partial charge in [0.25, 0.3) is 0 Å². The van der Waals surface area contributed by atoms with Crippen LogP contribution in [0.1, 0.15) is 5.69 Å². The number of aromatic nitrogens is 1. The molecule has 0 fully saturated rings. The molecule has 94 valence electrons. The van der Waals surface area contributed by atoms with E-state index in [0.717, 1.165) is 27.7 Å². The summed E-state index contributed by atoms with van der Waals surface area (Å²) < 4.78 is 0. The van der Waals surface area contributed by atoms with Crippen molar-refractivity contribution in [3.05, 3.63) is 54.2 Å². The van der Waals surface area contributed by atoms with Crippen molar-refractivity contribution in [2.24, 2.45) is 0 Å². The van der Waals surface area contributed by atoms with Gasteiger partial charge in [-0.25, -0.2) is 0 Å². The molecule has 0 unspecified atom stereocenters. The van der Waals surface area contributed by atoms with Gasteiger partial charge in [-0.3, -0.25) is 4.98 Å². The minimum Gasteiger partial charge on any atom is -0.504 e. The predicted molar refractivity (Wildman–Crippen MR) is 75.2 cm³/mol. The second-order valence-corrected chi connectivity index (χ2v) is 4.52. The van der Waals surface area contributed by atoms with Gasteiger partial charge in [0.1, 0.15) is 0 Å². The molecule has 2 aromatic carbocycles. The monoisotopic (exact) mass is 251 g/mol. The molecule has 2 N–H and O–H groups in total. The Balaban J connectivity index is 2.22. The Morgan fingerprint density at radius 3 is 2.47 bits per heavy atom. The largest absolute Gasteiger partial charge is 0.504 e. The van der Waals surface area contributed by atoms with Gasteiger partial charge in [0.2, 0.25) is 0 Å². The fourth-order valence-corrected chi connectivity index (χ4v) is 2.20. The number of hydrogen-bond acceptors (Lipinski definition) is 3. The van der Waals surface area contributed by atoms with Gasteiger partial charge in [-0.1, -0.05) is 24.3 Å². The lowest BCUT2D eigenvalue weighted by Gasteiger charge is -2.07. The minimum absolute atomic E-state index is 0.124. The summed E-state index contributed by atoms with van der Waals surface area (Å²) in [5, 5.41) is 21.1. The van der Waals surface area contributed by atoms with Crippen LogP contribution in [0.3, 0.4) is 0 Å². The Labute approximate surface area is 110 Å². The third kappa shape index (κ3) is 1.99. The van der Waals surface area contributed by atoms with E-state index in [2.05, 4.69) is 4.98 Å². The molecule has 0 saturated carbocycles. The average Bonchev–Trinajstić information content (AvgIpc) is 2.42. The molecular weight excluding hydrogens is 238 g/mol. The lowest BCUT2D eigenvalue weighted by Crippen LogP contribution is -1.89. The zero-order chi connectivity index (χ0) is 13.4. The predicted octanol–water partition coefficient (Wildman–Crippen LogP) is 3.62. The molecule has 3 nitrogen and oxygen atoms in total. The van der Waals surface area contributed by atoms with Crippen LogP contribution in [0.2, 0.25) is 0 Å². The molecule has 1 heterocycles. The number of phenols is 2. The van der Waals surface area contributed by atoms with E-state index in [1.165, 1.54) is 12.1 Å². The number of aryl methyl sites for hydroxylation is 1. The van der Waals surface area contributed by atoms with Crippen LogP contribution in [-0.4, -0.2) is 15.2 Å². The Morgan fingerprint density at radius 1 is 0.895 bits per heavy atom. The number of pyridine rings is 1. The van der Waals surface area contributed by atoms with Gasteiger partial charge in [0.05, 0.1) is 5.69 Å². The molecule has 0 spiro atoms. The van der Waals surface area contributed by atoms with E-state index in [0.29, 0.717) is 0 Å². The zero-order valence-electron chi connectivity index (χ0n) is 10.5. The van der Waals surface area contributed by atoms with Crippen LogP contribution in [0.25, 0.3) is 22.0 Å². The number of fused-ring (bicyclic) bond motifs is 1. The van der Waals surface area contributed by atoms with Gasteiger partial charge in [0, 0.05) is 16.6 Å². The maximum atomic E-state index is 9.57. The van der Waals surface area contributed by atoms with Gasteiger partial charge in [-0.15, -0.1) is 0 Å². The van der Waals surface area contributed by atoms with Crippen LogP contribution in [0.4, 0.5) is 0 Å². The Bertz CT molecular complexity index is 766. The van der Waals surface area contributed by atoms with Crippen molar-refractivity contribution in [3.8, 4) is 22.8 Å². The molecule has 0 bridgehead atoms. The van der Waals surface area contributed by atoms with Crippen molar-refractivity contribution < 1.29 is 10.2 Å². The van der Waals surface area contributed by atoms with Crippen LogP contribution in [0, 0.1) is 6.92 Å². The molecule has 0 atom stereocenters. The van der Waals surface area contributed by atoms with Gasteiger partial charge < -0.3 is 10.2 Å². The summed E-state index contributed by atoms with van der Waals surface area (Å²) in [4.78, 5) is 4.55. The summed E-state index contributed by atoms with van der Waals surface area (Å²) in [6, 6.07) is 14.8. The van der Waals surface area contributed by atoms with Crippen molar-refractivity contribution in [3.63, 3.8) is 0 Å². The summed E-state index contributed by atoms with van der Waals surface area (Å²) in [6.45, 7) is 1.96. The molecule has 0 radical (unpaired) electrons. The van der Waals surface area contributed by atoms with Crippen LogP contribution in [-0.2, 0) is 0 Å². The number of hydrogen-bond donors (Lipinski definition) is 2. The van der Waals surface area contributed by atoms with Crippen LogP contribution in [0.15, 0.2) is 48.5 Å². The molecule has 19 heavy (non-hydrogen) atoms. The quantitative estimate of drug-likeness (QED) is 0.649. The molecule has 0 aliphatic rings. The van der Waals surface area contributed by atoms with E-state index in [4.69, 9.17) is 0 Å². The fraction of sp³-hybridized carbons (Fsp3) is 0.0625. The first kappa shape index (κ1) is 11.5. The van der Waals surface area contributed by atoms with Gasteiger partial charge >= 0.3 is 0 Å².